The van der Waals surface area contributed by atoms with Gasteiger partial charge in [-0.1, -0.05) is 18.2 Å². The van der Waals surface area contributed by atoms with Gasteiger partial charge in [-0.05, 0) is 18.7 Å². The first kappa shape index (κ1) is 14.5. The van der Waals surface area contributed by atoms with Crippen LogP contribution < -0.4 is 0 Å². The van der Waals surface area contributed by atoms with Gasteiger partial charge in [0.1, 0.15) is 0 Å². The number of carboxylic acid groups (broad SMARTS) is 1. The van der Waals surface area contributed by atoms with Gasteiger partial charge >= 0.3 is 5.97 Å². The highest BCUT2D eigenvalue weighted by Gasteiger charge is 2.44. The minimum atomic E-state index is -3.30. The van der Waals surface area contributed by atoms with E-state index in [2.05, 4.69) is 0 Å². The molecule has 3 rings (SSSR count). The normalized spacial score (nSPS) is 30.5. The first-order chi connectivity index (χ1) is 9.92. The monoisotopic (exact) mass is 311 g/mol. The predicted molar refractivity (Wildman–Crippen MR) is 74.7 cm³/mol. The zero-order valence-electron chi connectivity index (χ0n) is 11.6. The fraction of sp³-hybridized carbons (Fsp3) is 0.500. The average molecular weight is 311 g/mol. The molecule has 2 aliphatic heterocycles. The summed E-state index contributed by atoms with van der Waals surface area (Å²) in [7, 11) is -1.52. The van der Waals surface area contributed by atoms with Crippen molar-refractivity contribution in [2.45, 2.75) is 17.0 Å². The van der Waals surface area contributed by atoms with E-state index in [4.69, 9.17) is 4.74 Å². The van der Waals surface area contributed by atoms with Gasteiger partial charge < -0.3 is 9.84 Å². The second-order valence-electron chi connectivity index (χ2n) is 5.55. The fourth-order valence-corrected chi connectivity index (χ4v) is 5.03. The van der Waals surface area contributed by atoms with E-state index in [9.17, 15) is 18.3 Å². The van der Waals surface area contributed by atoms with Crippen molar-refractivity contribution in [1.82, 2.24) is 4.90 Å². The van der Waals surface area contributed by atoms with Gasteiger partial charge in [0.2, 0.25) is 0 Å². The van der Waals surface area contributed by atoms with E-state index in [-0.39, 0.29) is 24.4 Å². The van der Waals surface area contributed by atoms with Gasteiger partial charge in [0, 0.05) is 6.04 Å². The average Bonchev–Trinajstić information content (AvgIpc) is 3.02. The van der Waals surface area contributed by atoms with Crippen LogP contribution in [0.4, 0.5) is 0 Å². The number of benzene rings is 1. The standard InChI is InChI=1S/C14H17NO5S/c1-15(11-7-20-6-10(11)14(16)17)12-8-21(18,19)13-5-3-2-4-9(12)13/h2-5,10-12H,6-8H2,1H3,(H,16,17). The third kappa shape index (κ3) is 2.35. The number of hydrogen-bond donors (Lipinski definition) is 1. The number of ether oxygens (including phenoxy) is 1. The van der Waals surface area contributed by atoms with Crippen molar-refractivity contribution >= 4 is 15.8 Å². The Bertz CT molecular complexity index is 672. The fourth-order valence-electron chi connectivity index (χ4n) is 3.17. The van der Waals surface area contributed by atoms with E-state index < -0.39 is 21.7 Å². The maximum Gasteiger partial charge on any atom is 0.310 e. The van der Waals surface area contributed by atoms with Gasteiger partial charge in [-0.25, -0.2) is 8.42 Å². The van der Waals surface area contributed by atoms with Crippen LogP contribution in [0.25, 0.3) is 0 Å². The maximum atomic E-state index is 12.2. The van der Waals surface area contributed by atoms with Crippen LogP contribution in [0.5, 0.6) is 0 Å². The van der Waals surface area contributed by atoms with E-state index in [1.807, 2.05) is 4.90 Å². The molecular weight excluding hydrogens is 294 g/mol. The second kappa shape index (κ2) is 5.08. The Kier molecular flexibility index (Phi) is 3.51. The van der Waals surface area contributed by atoms with Crippen molar-refractivity contribution in [3.63, 3.8) is 0 Å². The van der Waals surface area contributed by atoms with E-state index >= 15 is 0 Å². The molecule has 21 heavy (non-hydrogen) atoms. The summed E-state index contributed by atoms with van der Waals surface area (Å²) in [6.07, 6.45) is 0. The molecule has 0 aromatic heterocycles. The summed E-state index contributed by atoms with van der Waals surface area (Å²) < 4.78 is 29.7. The Morgan fingerprint density at radius 2 is 2.05 bits per heavy atom. The Morgan fingerprint density at radius 3 is 2.76 bits per heavy atom. The molecule has 114 valence electrons. The highest BCUT2D eigenvalue weighted by Crippen LogP contribution is 2.38. The van der Waals surface area contributed by atoms with Crippen molar-refractivity contribution in [2.75, 3.05) is 26.0 Å². The zero-order valence-corrected chi connectivity index (χ0v) is 12.4. The summed E-state index contributed by atoms with van der Waals surface area (Å²) >= 11 is 0. The highest BCUT2D eigenvalue weighted by atomic mass is 32.2. The zero-order chi connectivity index (χ0) is 15.2. The third-order valence-electron chi connectivity index (χ3n) is 4.37. The third-order valence-corrected chi connectivity index (χ3v) is 6.17. The summed E-state index contributed by atoms with van der Waals surface area (Å²) in [6, 6.07) is 6.29. The Morgan fingerprint density at radius 1 is 1.33 bits per heavy atom. The lowest BCUT2D eigenvalue weighted by molar-refractivity contribution is -0.143. The summed E-state index contributed by atoms with van der Waals surface area (Å²) in [6.45, 7) is 0.484. The smallest absolute Gasteiger partial charge is 0.310 e. The van der Waals surface area contributed by atoms with Gasteiger partial charge in [-0.15, -0.1) is 0 Å². The number of carboxylic acids is 1. The molecule has 7 heteroatoms. The second-order valence-corrected chi connectivity index (χ2v) is 7.55. The molecule has 1 fully saturated rings. The van der Waals surface area contributed by atoms with Gasteiger partial charge in [0.25, 0.3) is 0 Å². The summed E-state index contributed by atoms with van der Waals surface area (Å²) in [5.41, 5.74) is 0.746. The lowest BCUT2D eigenvalue weighted by Crippen LogP contribution is -2.43. The predicted octanol–water partition coefficient (Wildman–Crippen LogP) is 0.546. The van der Waals surface area contributed by atoms with Crippen LogP contribution in [-0.4, -0.2) is 56.4 Å². The number of likely N-dealkylation sites (N-methyl/N-ethyl adjacent to an activating group) is 1. The molecule has 1 aromatic rings. The Balaban J connectivity index is 1.93. The molecule has 0 aliphatic carbocycles. The quantitative estimate of drug-likeness (QED) is 0.877. The maximum absolute atomic E-state index is 12.2. The largest absolute Gasteiger partial charge is 0.481 e. The van der Waals surface area contributed by atoms with Gasteiger partial charge in [-0.3, -0.25) is 9.69 Å². The van der Waals surface area contributed by atoms with Gasteiger partial charge in [0.05, 0.1) is 35.8 Å². The van der Waals surface area contributed by atoms with Crippen molar-refractivity contribution < 1.29 is 23.1 Å². The number of fused-ring (bicyclic) bond motifs is 1. The van der Waals surface area contributed by atoms with Crippen LogP contribution in [0, 0.1) is 5.92 Å². The number of hydrogen-bond acceptors (Lipinski definition) is 5. The first-order valence-corrected chi connectivity index (χ1v) is 8.41. The molecular formula is C14H17NO5S. The van der Waals surface area contributed by atoms with Crippen LogP contribution in [0.3, 0.4) is 0 Å². The number of rotatable bonds is 3. The van der Waals surface area contributed by atoms with E-state index in [0.29, 0.717) is 11.5 Å². The van der Waals surface area contributed by atoms with Crippen molar-refractivity contribution in [1.29, 1.82) is 0 Å². The summed E-state index contributed by atoms with van der Waals surface area (Å²) in [5, 5.41) is 9.25. The lowest BCUT2D eigenvalue weighted by Gasteiger charge is -2.31. The SMILES string of the molecule is CN(C1CS(=O)(=O)c2ccccc21)C1COCC1C(=O)O. The molecule has 0 spiro atoms. The molecule has 6 nitrogen and oxygen atoms in total. The van der Waals surface area contributed by atoms with Crippen LogP contribution in [0.1, 0.15) is 11.6 Å². The van der Waals surface area contributed by atoms with Gasteiger partial charge in [0.15, 0.2) is 9.84 Å². The summed E-state index contributed by atoms with van der Waals surface area (Å²) in [5.74, 6) is -1.53. The van der Waals surface area contributed by atoms with Crippen molar-refractivity contribution in [2.24, 2.45) is 5.92 Å². The number of aliphatic carboxylic acids is 1. The first-order valence-electron chi connectivity index (χ1n) is 6.76. The Labute approximate surface area is 123 Å². The molecule has 3 unspecified atom stereocenters. The van der Waals surface area contributed by atoms with Crippen LogP contribution in [0.2, 0.25) is 0 Å². The molecule has 0 amide bonds. The Hall–Kier alpha value is -1.44. The molecule has 0 radical (unpaired) electrons. The van der Waals surface area contributed by atoms with E-state index in [1.54, 1.807) is 31.3 Å². The lowest BCUT2D eigenvalue weighted by atomic mass is 9.99. The molecule has 1 aromatic carbocycles. The molecule has 1 N–H and O–H groups in total. The molecule has 3 atom stereocenters. The summed E-state index contributed by atoms with van der Waals surface area (Å²) in [4.78, 5) is 13.5. The molecule has 0 saturated carbocycles. The minimum absolute atomic E-state index is 0.00825. The minimum Gasteiger partial charge on any atom is -0.481 e. The van der Waals surface area contributed by atoms with Gasteiger partial charge in [-0.2, -0.15) is 0 Å². The van der Waals surface area contributed by atoms with E-state index in [1.165, 1.54) is 0 Å². The van der Waals surface area contributed by atoms with Crippen molar-refractivity contribution in [3.8, 4) is 0 Å². The molecule has 2 aliphatic rings. The topological polar surface area (TPSA) is 83.9 Å². The van der Waals surface area contributed by atoms with Crippen LogP contribution in [0.15, 0.2) is 29.2 Å². The number of carbonyl (C=O) groups is 1. The molecule has 1 saturated heterocycles. The molecule has 0 bridgehead atoms. The number of sulfone groups is 1. The highest BCUT2D eigenvalue weighted by molar-refractivity contribution is 7.91. The van der Waals surface area contributed by atoms with Crippen LogP contribution >= 0.6 is 0 Å². The van der Waals surface area contributed by atoms with Crippen LogP contribution in [-0.2, 0) is 19.4 Å². The van der Waals surface area contributed by atoms with Crippen molar-refractivity contribution in [3.05, 3.63) is 29.8 Å². The van der Waals surface area contributed by atoms with E-state index in [0.717, 1.165) is 5.56 Å². The molecule has 2 heterocycles. The number of nitrogens with zero attached hydrogens (tertiary/aromatic N) is 1.